The van der Waals surface area contributed by atoms with Crippen molar-refractivity contribution < 1.29 is 14.0 Å². The Morgan fingerprint density at radius 3 is 2.60 bits per heavy atom. The molecule has 162 valence electrons. The predicted octanol–water partition coefficient (Wildman–Crippen LogP) is 2.83. The molecule has 1 atom stereocenters. The van der Waals surface area contributed by atoms with Gasteiger partial charge in [0.25, 0.3) is 5.91 Å². The first-order chi connectivity index (χ1) is 14.5. The van der Waals surface area contributed by atoms with E-state index in [9.17, 15) is 9.59 Å². The van der Waals surface area contributed by atoms with Gasteiger partial charge in [0.1, 0.15) is 6.04 Å². The average molecular weight is 431 g/mol. The van der Waals surface area contributed by atoms with Crippen molar-refractivity contribution in [1.29, 1.82) is 0 Å². The van der Waals surface area contributed by atoms with Crippen LogP contribution in [0.2, 0.25) is 0 Å². The van der Waals surface area contributed by atoms with Crippen LogP contribution in [-0.2, 0) is 4.79 Å². The number of carbonyl (C=O) groups is 2. The average Bonchev–Trinajstić information content (AvgIpc) is 3.28. The fraction of sp³-hybridized carbons (Fsp3) is 0.455. The fourth-order valence-electron chi connectivity index (χ4n) is 3.41. The number of aryl methyl sites for hydroxylation is 1. The number of benzene rings is 1. The van der Waals surface area contributed by atoms with E-state index in [1.54, 1.807) is 23.9 Å². The molecule has 0 saturated carbocycles. The SMILES string of the molecule is CSCCC(NC(=O)c1ccco1)C(=O)Nc1ccc(N2CCN(C)CC2)cc1C. The number of anilines is 2. The fourth-order valence-corrected chi connectivity index (χ4v) is 3.88. The van der Waals surface area contributed by atoms with Crippen LogP contribution in [0.25, 0.3) is 0 Å². The molecule has 2 N–H and O–H groups in total. The number of furan rings is 1. The second kappa shape index (κ2) is 10.5. The number of amides is 2. The van der Waals surface area contributed by atoms with Crippen molar-refractivity contribution in [3.05, 3.63) is 47.9 Å². The summed E-state index contributed by atoms with van der Waals surface area (Å²) in [4.78, 5) is 29.9. The van der Waals surface area contributed by atoms with Crippen LogP contribution in [0, 0.1) is 6.92 Å². The van der Waals surface area contributed by atoms with Gasteiger partial charge in [0.2, 0.25) is 5.91 Å². The minimum absolute atomic E-state index is 0.199. The first kappa shape index (κ1) is 22.2. The lowest BCUT2D eigenvalue weighted by Gasteiger charge is -2.34. The normalized spacial score (nSPS) is 15.6. The minimum Gasteiger partial charge on any atom is -0.459 e. The van der Waals surface area contributed by atoms with E-state index in [0.29, 0.717) is 6.42 Å². The predicted molar refractivity (Wildman–Crippen MR) is 122 cm³/mol. The quantitative estimate of drug-likeness (QED) is 0.671. The molecule has 3 rings (SSSR count). The van der Waals surface area contributed by atoms with Gasteiger partial charge in [0.05, 0.1) is 6.26 Å². The molecule has 0 bridgehead atoms. The van der Waals surface area contributed by atoms with E-state index in [2.05, 4.69) is 33.5 Å². The van der Waals surface area contributed by atoms with Crippen molar-refractivity contribution in [2.24, 2.45) is 0 Å². The van der Waals surface area contributed by atoms with Crippen molar-refractivity contribution >= 4 is 35.0 Å². The van der Waals surface area contributed by atoms with Crippen molar-refractivity contribution in [1.82, 2.24) is 10.2 Å². The van der Waals surface area contributed by atoms with E-state index in [1.165, 1.54) is 12.0 Å². The van der Waals surface area contributed by atoms with Gasteiger partial charge >= 0.3 is 0 Å². The summed E-state index contributed by atoms with van der Waals surface area (Å²) in [6.45, 7) is 6.08. The van der Waals surface area contributed by atoms with Gasteiger partial charge in [-0.3, -0.25) is 9.59 Å². The molecule has 8 heteroatoms. The Balaban J connectivity index is 1.66. The summed E-state index contributed by atoms with van der Waals surface area (Å²) in [5.41, 5.74) is 2.93. The van der Waals surface area contributed by atoms with Gasteiger partial charge in [-0.2, -0.15) is 11.8 Å². The summed E-state index contributed by atoms with van der Waals surface area (Å²) in [6.07, 6.45) is 3.96. The molecule has 0 spiro atoms. The van der Waals surface area contributed by atoms with Crippen molar-refractivity contribution in [3.63, 3.8) is 0 Å². The van der Waals surface area contributed by atoms with Crippen LogP contribution >= 0.6 is 11.8 Å². The van der Waals surface area contributed by atoms with E-state index >= 15 is 0 Å². The van der Waals surface area contributed by atoms with Crippen molar-refractivity contribution in [3.8, 4) is 0 Å². The summed E-state index contributed by atoms with van der Waals surface area (Å²) in [7, 11) is 2.14. The summed E-state index contributed by atoms with van der Waals surface area (Å²) in [5, 5.41) is 5.78. The summed E-state index contributed by atoms with van der Waals surface area (Å²) < 4.78 is 5.14. The number of hydrogen-bond acceptors (Lipinski definition) is 6. The highest BCUT2D eigenvalue weighted by molar-refractivity contribution is 7.98. The van der Waals surface area contributed by atoms with Crippen LogP contribution in [0.3, 0.4) is 0 Å². The van der Waals surface area contributed by atoms with Crippen molar-refractivity contribution in [2.45, 2.75) is 19.4 Å². The largest absolute Gasteiger partial charge is 0.459 e. The number of nitrogens with one attached hydrogen (secondary N) is 2. The van der Waals surface area contributed by atoms with Gasteiger partial charge < -0.3 is 24.9 Å². The maximum Gasteiger partial charge on any atom is 0.287 e. The molecule has 1 fully saturated rings. The third kappa shape index (κ3) is 5.79. The lowest BCUT2D eigenvalue weighted by Crippen LogP contribution is -2.44. The van der Waals surface area contributed by atoms with E-state index in [0.717, 1.165) is 43.2 Å². The number of hydrogen-bond donors (Lipinski definition) is 2. The molecule has 0 aliphatic carbocycles. The van der Waals surface area contributed by atoms with E-state index in [4.69, 9.17) is 4.42 Å². The number of piperazine rings is 1. The lowest BCUT2D eigenvalue weighted by molar-refractivity contribution is -0.118. The summed E-state index contributed by atoms with van der Waals surface area (Å²) >= 11 is 1.64. The number of nitrogens with zero attached hydrogens (tertiary/aromatic N) is 2. The zero-order valence-electron chi connectivity index (χ0n) is 17.8. The van der Waals surface area contributed by atoms with Gasteiger partial charge in [-0.15, -0.1) is 0 Å². The number of thioether (sulfide) groups is 1. The zero-order chi connectivity index (χ0) is 21.5. The van der Waals surface area contributed by atoms with Crippen LogP contribution in [0.4, 0.5) is 11.4 Å². The topological polar surface area (TPSA) is 77.8 Å². The molecule has 0 radical (unpaired) electrons. The van der Waals surface area contributed by atoms with Gasteiger partial charge in [-0.05, 0) is 68.3 Å². The smallest absolute Gasteiger partial charge is 0.287 e. The van der Waals surface area contributed by atoms with Gasteiger partial charge in [-0.25, -0.2) is 0 Å². The maximum atomic E-state index is 12.9. The highest BCUT2D eigenvalue weighted by Crippen LogP contribution is 2.24. The van der Waals surface area contributed by atoms with E-state index < -0.39 is 6.04 Å². The highest BCUT2D eigenvalue weighted by atomic mass is 32.2. The molecule has 1 aromatic heterocycles. The van der Waals surface area contributed by atoms with Gasteiger partial charge in [0.15, 0.2) is 5.76 Å². The van der Waals surface area contributed by atoms with E-state index in [1.807, 2.05) is 25.3 Å². The molecule has 1 aromatic carbocycles. The molecule has 30 heavy (non-hydrogen) atoms. The molecule has 1 aliphatic rings. The third-order valence-corrected chi connectivity index (χ3v) is 5.96. The summed E-state index contributed by atoms with van der Waals surface area (Å²) in [5.74, 6) is 0.352. The molecule has 1 unspecified atom stereocenters. The molecule has 2 aromatic rings. The molecule has 7 nitrogen and oxygen atoms in total. The van der Waals surface area contributed by atoms with Crippen LogP contribution in [0.1, 0.15) is 22.5 Å². The van der Waals surface area contributed by atoms with E-state index in [-0.39, 0.29) is 17.6 Å². The summed E-state index contributed by atoms with van der Waals surface area (Å²) in [6, 6.07) is 8.70. The molecule has 1 saturated heterocycles. The Morgan fingerprint density at radius 2 is 1.97 bits per heavy atom. The molecular weight excluding hydrogens is 400 g/mol. The number of carbonyl (C=O) groups excluding carboxylic acids is 2. The molecular formula is C22H30N4O3S. The second-order valence-electron chi connectivity index (χ2n) is 7.56. The van der Waals surface area contributed by atoms with Crippen LogP contribution in [0.5, 0.6) is 0 Å². The third-order valence-electron chi connectivity index (χ3n) is 5.31. The molecule has 1 aliphatic heterocycles. The van der Waals surface area contributed by atoms with Gasteiger partial charge in [-0.1, -0.05) is 0 Å². The number of likely N-dealkylation sites (N-methyl/N-ethyl adjacent to an activating group) is 1. The molecule has 2 amide bonds. The van der Waals surface area contributed by atoms with Crippen LogP contribution in [-0.4, -0.2) is 68.0 Å². The monoisotopic (exact) mass is 430 g/mol. The molecule has 2 heterocycles. The van der Waals surface area contributed by atoms with Crippen LogP contribution < -0.4 is 15.5 Å². The highest BCUT2D eigenvalue weighted by Gasteiger charge is 2.23. The maximum absolute atomic E-state index is 12.9. The minimum atomic E-state index is -0.633. The van der Waals surface area contributed by atoms with Crippen molar-refractivity contribution in [2.75, 3.05) is 55.5 Å². The Hall–Kier alpha value is -2.45. The lowest BCUT2D eigenvalue weighted by atomic mass is 10.1. The van der Waals surface area contributed by atoms with Crippen LogP contribution in [0.15, 0.2) is 41.0 Å². The Kier molecular flexibility index (Phi) is 7.81. The first-order valence-electron chi connectivity index (χ1n) is 10.2. The standard InChI is InChI=1S/C22H30N4O3S/c1-16-15-17(26-11-9-25(2)10-12-26)6-7-18(16)23-21(27)19(8-14-30-3)24-22(28)20-5-4-13-29-20/h4-7,13,15,19H,8-12,14H2,1-3H3,(H,23,27)(H,24,28). The first-order valence-corrected chi connectivity index (χ1v) is 11.6. The van der Waals surface area contributed by atoms with Gasteiger partial charge in [0, 0.05) is 37.6 Å². The Bertz CT molecular complexity index is 848. The Labute approximate surface area is 182 Å². The zero-order valence-corrected chi connectivity index (χ0v) is 18.6. The second-order valence-corrected chi connectivity index (χ2v) is 8.55. The number of rotatable bonds is 8. The Morgan fingerprint density at radius 1 is 1.20 bits per heavy atom.